The lowest BCUT2D eigenvalue weighted by molar-refractivity contribution is 0.193. The molecule has 0 fully saturated rings. The first kappa shape index (κ1) is 11.1. The predicted molar refractivity (Wildman–Crippen MR) is 66.4 cm³/mol. The predicted octanol–water partition coefficient (Wildman–Crippen LogP) is 2.10. The van der Waals surface area contributed by atoms with Gasteiger partial charge in [0.05, 0.1) is 0 Å². The fraction of sp³-hybridized carbons (Fsp3) is 0.667. The summed E-state index contributed by atoms with van der Waals surface area (Å²) in [6.07, 6.45) is 1.23. The van der Waals surface area contributed by atoms with E-state index in [4.69, 9.17) is 0 Å². The van der Waals surface area contributed by atoms with Crippen molar-refractivity contribution in [2.75, 3.05) is 20.1 Å². The molecule has 0 radical (unpaired) electrons. The van der Waals surface area contributed by atoms with Crippen LogP contribution < -0.4 is 5.32 Å². The van der Waals surface area contributed by atoms with Crippen LogP contribution in [0, 0.1) is 0 Å². The molecule has 0 amide bonds. The maximum atomic E-state index is 3.37. The van der Waals surface area contributed by atoms with E-state index in [1.807, 2.05) is 18.4 Å². The molecule has 2 heterocycles. The van der Waals surface area contributed by atoms with E-state index in [-0.39, 0.29) is 5.54 Å². The minimum absolute atomic E-state index is 0.216. The molecule has 0 unspecified atom stereocenters. The minimum atomic E-state index is 0.216. The zero-order valence-corrected chi connectivity index (χ0v) is 10.7. The highest BCUT2D eigenvalue weighted by atomic mass is 32.1. The summed E-state index contributed by atoms with van der Waals surface area (Å²) >= 11 is 1.91. The molecule has 0 aliphatic carbocycles. The van der Waals surface area contributed by atoms with Crippen LogP contribution in [-0.4, -0.2) is 30.6 Å². The average molecular weight is 224 g/mol. The second kappa shape index (κ2) is 4.24. The quantitative estimate of drug-likeness (QED) is 0.846. The number of likely N-dealkylation sites (N-methyl/N-ethyl adjacent to an activating group) is 1. The van der Waals surface area contributed by atoms with Crippen molar-refractivity contribution >= 4 is 11.3 Å². The molecule has 0 spiro atoms. The molecule has 0 aromatic carbocycles. The van der Waals surface area contributed by atoms with E-state index in [0.29, 0.717) is 0 Å². The molecule has 2 rings (SSSR count). The van der Waals surface area contributed by atoms with Crippen LogP contribution in [0.15, 0.2) is 11.4 Å². The molecule has 0 saturated heterocycles. The van der Waals surface area contributed by atoms with Crippen LogP contribution in [0.5, 0.6) is 0 Å². The summed E-state index contributed by atoms with van der Waals surface area (Å²) in [4.78, 5) is 4.14. The fourth-order valence-electron chi connectivity index (χ4n) is 2.08. The van der Waals surface area contributed by atoms with Crippen molar-refractivity contribution in [2.45, 2.75) is 32.4 Å². The van der Waals surface area contributed by atoms with Gasteiger partial charge in [0.2, 0.25) is 0 Å². The van der Waals surface area contributed by atoms with Crippen LogP contribution >= 0.6 is 11.3 Å². The summed E-state index contributed by atoms with van der Waals surface area (Å²) < 4.78 is 0. The minimum Gasteiger partial charge on any atom is -0.314 e. The Kier molecular flexibility index (Phi) is 3.14. The van der Waals surface area contributed by atoms with Gasteiger partial charge in [-0.05, 0) is 44.3 Å². The van der Waals surface area contributed by atoms with Crippen molar-refractivity contribution in [1.82, 2.24) is 10.2 Å². The van der Waals surface area contributed by atoms with E-state index in [2.05, 4.69) is 35.5 Å². The normalized spacial score (nSPS) is 17.8. The van der Waals surface area contributed by atoms with E-state index in [9.17, 15) is 0 Å². The van der Waals surface area contributed by atoms with Gasteiger partial charge in [0, 0.05) is 30.1 Å². The van der Waals surface area contributed by atoms with Gasteiger partial charge in [-0.2, -0.15) is 0 Å². The molecule has 0 saturated carbocycles. The van der Waals surface area contributed by atoms with Gasteiger partial charge in [-0.15, -0.1) is 11.3 Å². The Balaban J connectivity index is 1.98. The second-order valence-electron chi connectivity index (χ2n) is 4.96. The fourth-order valence-corrected chi connectivity index (χ4v) is 2.97. The lowest BCUT2D eigenvalue weighted by Gasteiger charge is -2.34. The van der Waals surface area contributed by atoms with Crippen LogP contribution in [0.2, 0.25) is 0 Å². The monoisotopic (exact) mass is 224 g/mol. The van der Waals surface area contributed by atoms with Crippen LogP contribution in [0.25, 0.3) is 0 Å². The van der Waals surface area contributed by atoms with Gasteiger partial charge < -0.3 is 5.32 Å². The van der Waals surface area contributed by atoms with Crippen molar-refractivity contribution in [2.24, 2.45) is 0 Å². The smallest absolute Gasteiger partial charge is 0.0249 e. The van der Waals surface area contributed by atoms with Crippen LogP contribution in [0.3, 0.4) is 0 Å². The molecule has 2 nitrogen and oxygen atoms in total. The summed E-state index contributed by atoms with van der Waals surface area (Å²) in [6, 6.07) is 2.28. The lowest BCUT2D eigenvalue weighted by Crippen LogP contribution is -2.48. The molecule has 84 valence electrons. The van der Waals surface area contributed by atoms with Crippen molar-refractivity contribution < 1.29 is 0 Å². The van der Waals surface area contributed by atoms with Gasteiger partial charge in [0.15, 0.2) is 0 Å². The standard InChI is InChI=1S/C12H20N2S/c1-12(2,13-3)9-14-6-4-11-10(8-14)5-7-15-11/h5,7,13H,4,6,8-9H2,1-3H3. The molecule has 15 heavy (non-hydrogen) atoms. The lowest BCUT2D eigenvalue weighted by atomic mass is 10.0. The highest BCUT2D eigenvalue weighted by Gasteiger charge is 2.23. The van der Waals surface area contributed by atoms with E-state index in [1.165, 1.54) is 18.5 Å². The zero-order chi connectivity index (χ0) is 10.9. The van der Waals surface area contributed by atoms with Crippen LogP contribution in [-0.2, 0) is 13.0 Å². The Morgan fingerprint density at radius 1 is 1.53 bits per heavy atom. The van der Waals surface area contributed by atoms with Crippen LogP contribution in [0.4, 0.5) is 0 Å². The molecule has 1 aliphatic heterocycles. The molecule has 1 aliphatic rings. The third-order valence-corrected chi connectivity index (χ3v) is 4.21. The van der Waals surface area contributed by atoms with Gasteiger partial charge in [0.1, 0.15) is 0 Å². The summed E-state index contributed by atoms with van der Waals surface area (Å²) in [5, 5.41) is 5.59. The third-order valence-electron chi connectivity index (χ3n) is 3.18. The highest BCUT2D eigenvalue weighted by molar-refractivity contribution is 7.10. The third kappa shape index (κ3) is 2.60. The van der Waals surface area contributed by atoms with Crippen molar-refractivity contribution in [1.29, 1.82) is 0 Å². The van der Waals surface area contributed by atoms with Gasteiger partial charge in [0.25, 0.3) is 0 Å². The number of nitrogens with one attached hydrogen (secondary N) is 1. The molecule has 3 heteroatoms. The number of hydrogen-bond donors (Lipinski definition) is 1. The first-order valence-electron chi connectivity index (χ1n) is 5.57. The Morgan fingerprint density at radius 3 is 3.07 bits per heavy atom. The Morgan fingerprint density at radius 2 is 2.33 bits per heavy atom. The molecule has 0 bridgehead atoms. The zero-order valence-electron chi connectivity index (χ0n) is 9.84. The SMILES string of the molecule is CNC(C)(C)CN1CCc2sccc2C1. The first-order chi connectivity index (χ1) is 7.11. The Hall–Kier alpha value is -0.380. The van der Waals surface area contributed by atoms with E-state index in [1.54, 1.807) is 4.88 Å². The van der Waals surface area contributed by atoms with Gasteiger partial charge in [-0.1, -0.05) is 0 Å². The molecule has 1 aromatic rings. The number of rotatable bonds is 3. The largest absolute Gasteiger partial charge is 0.314 e. The average Bonchev–Trinajstić information content (AvgIpc) is 2.64. The molecule has 1 N–H and O–H groups in total. The molecular weight excluding hydrogens is 204 g/mol. The Labute approximate surface area is 96.3 Å². The number of fused-ring (bicyclic) bond motifs is 1. The van der Waals surface area contributed by atoms with E-state index in [0.717, 1.165) is 13.1 Å². The van der Waals surface area contributed by atoms with Gasteiger partial charge in [-0.3, -0.25) is 4.90 Å². The summed E-state index contributed by atoms with van der Waals surface area (Å²) in [5.74, 6) is 0. The maximum absolute atomic E-state index is 3.37. The number of nitrogens with zero attached hydrogens (tertiary/aromatic N) is 1. The molecular formula is C12H20N2S. The number of thiophene rings is 1. The summed E-state index contributed by atoms with van der Waals surface area (Å²) in [7, 11) is 2.04. The van der Waals surface area contributed by atoms with Crippen molar-refractivity contribution in [3.8, 4) is 0 Å². The van der Waals surface area contributed by atoms with Crippen LogP contribution in [0.1, 0.15) is 24.3 Å². The topological polar surface area (TPSA) is 15.3 Å². The number of hydrogen-bond acceptors (Lipinski definition) is 3. The Bertz CT molecular complexity index is 330. The van der Waals surface area contributed by atoms with Crippen molar-refractivity contribution in [3.05, 3.63) is 21.9 Å². The molecule has 1 aromatic heterocycles. The van der Waals surface area contributed by atoms with E-state index >= 15 is 0 Å². The first-order valence-corrected chi connectivity index (χ1v) is 6.45. The summed E-state index contributed by atoms with van der Waals surface area (Å²) in [6.45, 7) is 7.98. The molecule has 0 atom stereocenters. The second-order valence-corrected chi connectivity index (χ2v) is 5.96. The summed E-state index contributed by atoms with van der Waals surface area (Å²) in [5.41, 5.74) is 1.76. The maximum Gasteiger partial charge on any atom is 0.0249 e. The van der Waals surface area contributed by atoms with Gasteiger partial charge >= 0.3 is 0 Å². The van der Waals surface area contributed by atoms with Gasteiger partial charge in [-0.25, -0.2) is 0 Å². The highest BCUT2D eigenvalue weighted by Crippen LogP contribution is 2.24. The van der Waals surface area contributed by atoms with Crippen molar-refractivity contribution in [3.63, 3.8) is 0 Å². The van der Waals surface area contributed by atoms with E-state index < -0.39 is 0 Å².